The van der Waals surface area contributed by atoms with Crippen molar-refractivity contribution in [3.8, 4) is 0 Å². The first-order valence-electron chi connectivity index (χ1n) is 5.42. The lowest BCUT2D eigenvalue weighted by atomic mass is 10.2. The van der Waals surface area contributed by atoms with Gasteiger partial charge in [-0.2, -0.15) is 0 Å². The lowest BCUT2D eigenvalue weighted by Gasteiger charge is -2.07. The number of benzene rings is 1. The highest BCUT2D eigenvalue weighted by Crippen LogP contribution is 2.36. The van der Waals surface area contributed by atoms with Gasteiger partial charge in [0, 0.05) is 12.1 Å². The number of nitrogens with one attached hydrogen (secondary N) is 1. The Labute approximate surface area is 102 Å². The molecular weight excluding hydrogens is 276 g/mol. The average Bonchev–Trinajstić information content (AvgIpc) is 2.94. The maximum atomic E-state index is 13.6. The number of hydrogen-bond donors (Lipinski definition) is 1. The predicted octanol–water partition coefficient (Wildman–Crippen LogP) is 3.47. The first-order chi connectivity index (χ1) is 7.59. The topological polar surface area (TPSA) is 12.0 Å². The molecular formula is C12H14BrF2N. The minimum absolute atomic E-state index is 0.114. The molecule has 0 amide bonds. The van der Waals surface area contributed by atoms with Crippen molar-refractivity contribution < 1.29 is 8.78 Å². The van der Waals surface area contributed by atoms with Gasteiger partial charge in [0.1, 0.15) is 11.6 Å². The summed E-state index contributed by atoms with van der Waals surface area (Å²) < 4.78 is 27.2. The number of halogens is 3. The van der Waals surface area contributed by atoms with Gasteiger partial charge in [0.25, 0.3) is 0 Å². The zero-order chi connectivity index (χ0) is 11.7. The summed E-state index contributed by atoms with van der Waals surface area (Å²) in [5.41, 5.74) is 0.114. The molecule has 1 aliphatic carbocycles. The molecule has 0 heterocycles. The molecule has 2 unspecified atom stereocenters. The fraction of sp³-hybridized carbons (Fsp3) is 0.500. The van der Waals surface area contributed by atoms with E-state index in [9.17, 15) is 8.78 Å². The van der Waals surface area contributed by atoms with E-state index in [1.165, 1.54) is 18.6 Å². The molecule has 2 rings (SSSR count). The van der Waals surface area contributed by atoms with Crippen LogP contribution in [0.2, 0.25) is 0 Å². The van der Waals surface area contributed by atoms with Gasteiger partial charge in [0.15, 0.2) is 0 Å². The maximum absolute atomic E-state index is 13.6. The Morgan fingerprint density at radius 1 is 1.44 bits per heavy atom. The summed E-state index contributed by atoms with van der Waals surface area (Å²) in [7, 11) is 0. The van der Waals surface area contributed by atoms with E-state index in [4.69, 9.17) is 0 Å². The highest BCUT2D eigenvalue weighted by atomic mass is 79.9. The zero-order valence-corrected chi connectivity index (χ0v) is 10.7. The Kier molecular flexibility index (Phi) is 3.60. The Hall–Kier alpha value is -0.480. The summed E-state index contributed by atoms with van der Waals surface area (Å²) in [4.78, 5) is 0. The van der Waals surface area contributed by atoms with E-state index in [1.807, 2.05) is 0 Å². The standard InChI is InChI=1S/C12H14BrF2N/c1-7-4-8(7)5-16-6-9-11(14)3-2-10(13)12(9)15/h2-3,7-8,16H,4-6H2,1H3. The molecule has 1 fully saturated rings. The molecule has 0 spiro atoms. The van der Waals surface area contributed by atoms with Gasteiger partial charge in [-0.1, -0.05) is 6.92 Å². The largest absolute Gasteiger partial charge is 0.312 e. The van der Waals surface area contributed by atoms with Crippen LogP contribution in [0.25, 0.3) is 0 Å². The van der Waals surface area contributed by atoms with Crippen LogP contribution in [-0.2, 0) is 6.54 Å². The summed E-state index contributed by atoms with van der Waals surface area (Å²) >= 11 is 3.05. The first-order valence-corrected chi connectivity index (χ1v) is 6.22. The Balaban J connectivity index is 1.95. The van der Waals surface area contributed by atoms with Gasteiger partial charge in [-0.25, -0.2) is 8.78 Å². The van der Waals surface area contributed by atoms with Crippen molar-refractivity contribution in [1.82, 2.24) is 5.32 Å². The third kappa shape index (κ3) is 2.61. The summed E-state index contributed by atoms with van der Waals surface area (Å²) in [6.07, 6.45) is 1.22. The van der Waals surface area contributed by atoms with Gasteiger partial charge >= 0.3 is 0 Å². The second kappa shape index (κ2) is 4.80. The normalized spacial score (nSPS) is 23.5. The van der Waals surface area contributed by atoms with E-state index < -0.39 is 11.6 Å². The highest BCUT2D eigenvalue weighted by molar-refractivity contribution is 9.10. The lowest BCUT2D eigenvalue weighted by Crippen LogP contribution is -2.18. The molecule has 0 radical (unpaired) electrons. The molecule has 1 N–H and O–H groups in total. The Morgan fingerprint density at radius 2 is 2.12 bits per heavy atom. The summed E-state index contributed by atoms with van der Waals surface area (Å²) in [6.45, 7) is 3.28. The Bertz CT molecular complexity index is 395. The molecule has 0 saturated heterocycles. The van der Waals surface area contributed by atoms with Crippen molar-refractivity contribution in [3.63, 3.8) is 0 Å². The number of rotatable bonds is 4. The quantitative estimate of drug-likeness (QED) is 0.837. The molecule has 1 aromatic rings. The molecule has 0 bridgehead atoms. The third-order valence-electron chi connectivity index (χ3n) is 3.12. The van der Waals surface area contributed by atoms with Crippen LogP contribution in [0.3, 0.4) is 0 Å². The molecule has 1 saturated carbocycles. The minimum Gasteiger partial charge on any atom is -0.312 e. The van der Waals surface area contributed by atoms with Crippen LogP contribution in [0, 0.1) is 23.5 Å². The van der Waals surface area contributed by atoms with Gasteiger partial charge in [-0.15, -0.1) is 0 Å². The van der Waals surface area contributed by atoms with E-state index in [0.29, 0.717) is 10.4 Å². The summed E-state index contributed by atoms with van der Waals surface area (Å²) in [5.74, 6) is 0.441. The second-order valence-electron chi connectivity index (χ2n) is 4.43. The smallest absolute Gasteiger partial charge is 0.144 e. The Morgan fingerprint density at radius 3 is 2.75 bits per heavy atom. The minimum atomic E-state index is -0.503. The lowest BCUT2D eigenvalue weighted by molar-refractivity contribution is 0.523. The first kappa shape index (κ1) is 12.0. The molecule has 1 nitrogen and oxygen atoms in total. The fourth-order valence-electron chi connectivity index (χ4n) is 1.80. The van der Waals surface area contributed by atoms with Gasteiger partial charge in [-0.3, -0.25) is 0 Å². The molecule has 4 heteroatoms. The van der Waals surface area contributed by atoms with Gasteiger partial charge in [0.2, 0.25) is 0 Å². The van der Waals surface area contributed by atoms with Crippen LogP contribution in [-0.4, -0.2) is 6.54 Å². The van der Waals surface area contributed by atoms with Crippen LogP contribution in [0.4, 0.5) is 8.78 Å². The predicted molar refractivity (Wildman–Crippen MR) is 63.0 cm³/mol. The maximum Gasteiger partial charge on any atom is 0.144 e. The van der Waals surface area contributed by atoms with Gasteiger partial charge in [-0.05, 0) is 52.9 Å². The van der Waals surface area contributed by atoms with E-state index in [0.717, 1.165) is 12.5 Å². The van der Waals surface area contributed by atoms with Crippen LogP contribution in [0.1, 0.15) is 18.9 Å². The van der Waals surface area contributed by atoms with Crippen molar-refractivity contribution in [2.75, 3.05) is 6.54 Å². The highest BCUT2D eigenvalue weighted by Gasteiger charge is 2.31. The van der Waals surface area contributed by atoms with Crippen molar-refractivity contribution >= 4 is 15.9 Å². The number of hydrogen-bond acceptors (Lipinski definition) is 1. The van der Waals surface area contributed by atoms with E-state index in [1.54, 1.807) is 0 Å². The van der Waals surface area contributed by atoms with Crippen LogP contribution in [0.5, 0.6) is 0 Å². The van der Waals surface area contributed by atoms with Gasteiger partial charge in [0.05, 0.1) is 4.47 Å². The van der Waals surface area contributed by atoms with Crippen molar-refractivity contribution in [1.29, 1.82) is 0 Å². The SMILES string of the molecule is CC1CC1CNCc1c(F)ccc(Br)c1F. The molecule has 0 aromatic heterocycles. The zero-order valence-electron chi connectivity index (χ0n) is 9.06. The van der Waals surface area contributed by atoms with Crippen molar-refractivity contribution in [2.45, 2.75) is 19.9 Å². The molecule has 0 aliphatic heterocycles. The fourth-order valence-corrected chi connectivity index (χ4v) is 2.17. The molecule has 88 valence electrons. The van der Waals surface area contributed by atoms with E-state index >= 15 is 0 Å². The van der Waals surface area contributed by atoms with Crippen LogP contribution < -0.4 is 5.32 Å². The van der Waals surface area contributed by atoms with Crippen molar-refractivity contribution in [2.24, 2.45) is 11.8 Å². The van der Waals surface area contributed by atoms with Crippen molar-refractivity contribution in [3.05, 3.63) is 33.8 Å². The van der Waals surface area contributed by atoms with E-state index in [-0.39, 0.29) is 12.1 Å². The monoisotopic (exact) mass is 289 g/mol. The molecule has 1 aromatic carbocycles. The van der Waals surface area contributed by atoms with E-state index in [2.05, 4.69) is 28.2 Å². The summed E-state index contributed by atoms with van der Waals surface area (Å²) in [6, 6.07) is 2.67. The average molecular weight is 290 g/mol. The molecule has 1 aliphatic rings. The molecule has 2 atom stereocenters. The van der Waals surface area contributed by atoms with Crippen LogP contribution in [0.15, 0.2) is 16.6 Å². The van der Waals surface area contributed by atoms with Crippen LogP contribution >= 0.6 is 15.9 Å². The second-order valence-corrected chi connectivity index (χ2v) is 5.28. The summed E-state index contributed by atoms with van der Waals surface area (Å²) in [5, 5.41) is 3.10. The van der Waals surface area contributed by atoms with Gasteiger partial charge < -0.3 is 5.32 Å². The molecule has 16 heavy (non-hydrogen) atoms. The third-order valence-corrected chi connectivity index (χ3v) is 3.74.